The Morgan fingerprint density at radius 1 is 1.16 bits per heavy atom. The number of hydrogen-bond donors (Lipinski definition) is 1. The molecule has 3 aromatic heterocycles. The van der Waals surface area contributed by atoms with Crippen LogP contribution in [0.4, 0.5) is 0 Å². The number of H-pyrrole nitrogens is 1. The molecule has 4 rings (SSSR count). The third-order valence-corrected chi connectivity index (χ3v) is 5.28. The third-order valence-electron chi connectivity index (χ3n) is 3.36. The average molecular weight is 310 g/mol. The van der Waals surface area contributed by atoms with Gasteiger partial charge in [-0.3, -0.25) is 0 Å². The van der Waals surface area contributed by atoms with E-state index >= 15 is 0 Å². The van der Waals surface area contributed by atoms with Crippen LogP contribution in [-0.2, 0) is 12.8 Å². The van der Waals surface area contributed by atoms with Crippen molar-refractivity contribution in [3.05, 3.63) is 32.7 Å². The molecule has 1 N–H and O–H groups in total. The number of nitrogens with one attached hydrogen (secondary N) is 1. The first-order valence-electron chi connectivity index (χ1n) is 6.04. The van der Waals surface area contributed by atoms with E-state index in [0.29, 0.717) is 15.8 Å². The van der Waals surface area contributed by atoms with Gasteiger partial charge in [0, 0.05) is 4.88 Å². The van der Waals surface area contributed by atoms with E-state index < -0.39 is 0 Å². The first kappa shape index (κ1) is 11.7. The second-order valence-electron chi connectivity index (χ2n) is 4.63. The highest BCUT2D eigenvalue weighted by Gasteiger charge is 2.18. The summed E-state index contributed by atoms with van der Waals surface area (Å²) in [4.78, 5) is 14.6. The molecule has 0 aliphatic heterocycles. The Hall–Kier alpha value is -1.10. The molecule has 0 saturated heterocycles. The predicted octanol–water partition coefficient (Wildman–Crippen LogP) is 4.48. The molecular weight excluding hydrogens is 301 g/mol. The maximum absolute atomic E-state index is 5.96. The highest BCUT2D eigenvalue weighted by atomic mass is 35.5. The van der Waals surface area contributed by atoms with Gasteiger partial charge in [0.25, 0.3) is 0 Å². The zero-order valence-corrected chi connectivity index (χ0v) is 12.2. The van der Waals surface area contributed by atoms with Gasteiger partial charge in [0.15, 0.2) is 11.5 Å². The molecule has 0 saturated carbocycles. The van der Waals surface area contributed by atoms with Crippen molar-refractivity contribution in [3.63, 3.8) is 0 Å². The first-order chi connectivity index (χ1) is 9.20. The molecule has 0 bridgehead atoms. The maximum Gasteiger partial charge on any atom is 0.179 e. The van der Waals surface area contributed by atoms with E-state index in [0.717, 1.165) is 16.2 Å². The van der Waals surface area contributed by atoms with Crippen molar-refractivity contribution in [1.29, 1.82) is 0 Å². The van der Waals surface area contributed by atoms with Gasteiger partial charge in [0.2, 0.25) is 0 Å². The molecule has 0 aromatic carbocycles. The molecule has 0 unspecified atom stereocenters. The van der Waals surface area contributed by atoms with E-state index in [2.05, 4.69) is 21.0 Å². The number of thiophene rings is 1. The van der Waals surface area contributed by atoms with Crippen molar-refractivity contribution in [1.82, 2.24) is 15.0 Å². The molecule has 1 aliphatic carbocycles. The van der Waals surface area contributed by atoms with Crippen molar-refractivity contribution >= 4 is 45.7 Å². The summed E-state index contributed by atoms with van der Waals surface area (Å²) in [7, 11) is 0. The van der Waals surface area contributed by atoms with Crippen LogP contribution < -0.4 is 0 Å². The van der Waals surface area contributed by atoms with Crippen molar-refractivity contribution in [2.24, 2.45) is 0 Å². The van der Waals surface area contributed by atoms with Crippen LogP contribution in [0.3, 0.4) is 0 Å². The van der Waals surface area contributed by atoms with Crippen LogP contribution in [0.1, 0.15) is 16.9 Å². The summed E-state index contributed by atoms with van der Waals surface area (Å²) in [6, 6.07) is 4.00. The zero-order valence-electron chi connectivity index (χ0n) is 9.83. The summed E-state index contributed by atoms with van der Waals surface area (Å²) in [6.45, 7) is 0. The summed E-state index contributed by atoms with van der Waals surface area (Å²) < 4.78 is 0. The lowest BCUT2D eigenvalue weighted by atomic mass is 10.2. The van der Waals surface area contributed by atoms with Gasteiger partial charge in [-0.1, -0.05) is 23.2 Å². The van der Waals surface area contributed by atoms with Gasteiger partial charge < -0.3 is 4.98 Å². The molecule has 3 aromatic rings. The molecule has 19 heavy (non-hydrogen) atoms. The van der Waals surface area contributed by atoms with Gasteiger partial charge in [0.05, 0.1) is 15.4 Å². The summed E-state index contributed by atoms with van der Waals surface area (Å²) >= 11 is 13.7. The molecule has 0 fully saturated rings. The fraction of sp³-hybridized carbons (Fsp3) is 0.231. The lowest BCUT2D eigenvalue weighted by molar-refractivity contribution is 0.915. The van der Waals surface area contributed by atoms with E-state index in [1.54, 1.807) is 6.07 Å². The van der Waals surface area contributed by atoms with Crippen molar-refractivity contribution in [2.45, 2.75) is 19.3 Å². The minimum absolute atomic E-state index is 0.292. The van der Waals surface area contributed by atoms with E-state index in [1.807, 2.05) is 11.3 Å². The highest BCUT2D eigenvalue weighted by molar-refractivity contribution is 7.15. The predicted molar refractivity (Wildman–Crippen MR) is 79.2 cm³/mol. The van der Waals surface area contributed by atoms with E-state index in [-0.39, 0.29) is 0 Å². The van der Waals surface area contributed by atoms with Gasteiger partial charge in [-0.05, 0) is 37.0 Å². The van der Waals surface area contributed by atoms with Crippen LogP contribution in [0, 0.1) is 0 Å². The fourth-order valence-electron chi connectivity index (χ4n) is 2.46. The standard InChI is InChI=1S/C13H9Cl2N3S/c14-7-5-8-12(17-11(7)15)18-13(16-8)10-4-6-2-1-3-9(6)19-10/h4-5H,1-3H2,(H,16,17,18). The van der Waals surface area contributed by atoms with Crippen LogP contribution in [0.5, 0.6) is 0 Å². The van der Waals surface area contributed by atoms with Crippen molar-refractivity contribution < 1.29 is 0 Å². The summed E-state index contributed by atoms with van der Waals surface area (Å²) in [5.74, 6) is 0.847. The number of aromatic nitrogens is 3. The lowest BCUT2D eigenvalue weighted by Gasteiger charge is -1.92. The largest absolute Gasteiger partial charge is 0.336 e. The second-order valence-corrected chi connectivity index (χ2v) is 6.53. The van der Waals surface area contributed by atoms with Gasteiger partial charge >= 0.3 is 0 Å². The Morgan fingerprint density at radius 3 is 2.89 bits per heavy atom. The molecular formula is C13H9Cl2N3S. The van der Waals surface area contributed by atoms with Crippen LogP contribution in [-0.4, -0.2) is 15.0 Å². The minimum atomic E-state index is 0.292. The Balaban J connectivity index is 1.86. The molecule has 0 radical (unpaired) electrons. The summed E-state index contributed by atoms with van der Waals surface area (Å²) in [5.41, 5.74) is 2.89. The molecule has 0 atom stereocenters. The van der Waals surface area contributed by atoms with E-state index in [1.165, 1.54) is 29.7 Å². The first-order valence-corrected chi connectivity index (χ1v) is 7.61. The molecule has 0 spiro atoms. The number of nitrogens with zero attached hydrogens (tertiary/aromatic N) is 2. The van der Waals surface area contributed by atoms with E-state index in [9.17, 15) is 0 Å². The number of pyridine rings is 1. The Labute approximate surface area is 123 Å². The number of hydrogen-bond acceptors (Lipinski definition) is 3. The third kappa shape index (κ3) is 1.86. The molecule has 96 valence electrons. The topological polar surface area (TPSA) is 41.6 Å². The minimum Gasteiger partial charge on any atom is -0.336 e. The van der Waals surface area contributed by atoms with Gasteiger partial charge in [-0.15, -0.1) is 11.3 Å². The highest BCUT2D eigenvalue weighted by Crippen LogP contribution is 2.36. The lowest BCUT2D eigenvalue weighted by Crippen LogP contribution is -1.79. The number of fused-ring (bicyclic) bond motifs is 2. The summed E-state index contributed by atoms with van der Waals surface area (Å²) in [5, 5.41) is 0.735. The average Bonchev–Trinajstić information content (AvgIpc) is 3.01. The summed E-state index contributed by atoms with van der Waals surface area (Å²) in [6.07, 6.45) is 3.65. The van der Waals surface area contributed by atoms with Crippen LogP contribution in [0.25, 0.3) is 21.9 Å². The van der Waals surface area contributed by atoms with Gasteiger partial charge in [-0.2, -0.15) is 0 Å². The van der Waals surface area contributed by atoms with E-state index in [4.69, 9.17) is 23.2 Å². The maximum atomic E-state index is 5.96. The Kier molecular flexibility index (Phi) is 2.59. The van der Waals surface area contributed by atoms with Crippen molar-refractivity contribution in [3.8, 4) is 10.7 Å². The van der Waals surface area contributed by atoms with Crippen molar-refractivity contribution in [2.75, 3.05) is 0 Å². The van der Waals surface area contributed by atoms with Gasteiger partial charge in [-0.25, -0.2) is 9.97 Å². The Morgan fingerprint density at radius 2 is 2.05 bits per heavy atom. The Bertz CT molecular complexity index is 730. The van der Waals surface area contributed by atoms with Crippen LogP contribution >= 0.6 is 34.5 Å². The number of aryl methyl sites for hydroxylation is 2. The molecule has 6 heteroatoms. The number of rotatable bonds is 1. The quantitative estimate of drug-likeness (QED) is 0.673. The smallest absolute Gasteiger partial charge is 0.179 e. The number of halogens is 2. The fourth-order valence-corrected chi connectivity index (χ4v) is 3.94. The second kappa shape index (κ2) is 4.20. The number of aromatic amines is 1. The molecule has 3 heterocycles. The molecule has 3 nitrogen and oxygen atoms in total. The monoisotopic (exact) mass is 309 g/mol. The SMILES string of the molecule is Clc1cc2[nH]c(-c3cc4c(s3)CCC4)nc2nc1Cl. The molecule has 1 aliphatic rings. The zero-order chi connectivity index (χ0) is 13.0. The van der Waals surface area contributed by atoms with Crippen LogP contribution in [0.2, 0.25) is 10.2 Å². The number of imidazole rings is 1. The normalized spacial score (nSPS) is 14.2. The van der Waals surface area contributed by atoms with Crippen LogP contribution in [0.15, 0.2) is 12.1 Å². The van der Waals surface area contributed by atoms with Gasteiger partial charge in [0.1, 0.15) is 5.15 Å². The molecule has 0 amide bonds.